The van der Waals surface area contributed by atoms with Crippen molar-refractivity contribution >= 4 is 10.0 Å². The number of likely N-dealkylation sites (tertiary alicyclic amines) is 1. The van der Waals surface area contributed by atoms with Crippen LogP contribution in [0, 0.1) is 0 Å². The molecule has 2 aliphatic rings. The highest BCUT2D eigenvalue weighted by Crippen LogP contribution is 2.29. The molecule has 5 nitrogen and oxygen atoms in total. The molecule has 3 heterocycles. The lowest BCUT2D eigenvalue weighted by molar-refractivity contribution is -0.141. The molecule has 0 unspecified atom stereocenters. The summed E-state index contributed by atoms with van der Waals surface area (Å²) in [6, 6.07) is 2.11. The lowest BCUT2D eigenvalue weighted by atomic mass is 10.1. The van der Waals surface area contributed by atoms with Crippen molar-refractivity contribution in [1.29, 1.82) is 0 Å². The van der Waals surface area contributed by atoms with Gasteiger partial charge in [-0.25, -0.2) is 8.42 Å². The van der Waals surface area contributed by atoms with Crippen LogP contribution >= 0.6 is 0 Å². The van der Waals surface area contributed by atoms with Gasteiger partial charge in [0.25, 0.3) is 0 Å². The number of hydrogen-bond acceptors (Lipinski definition) is 4. The standard InChI is InChI=1S/C16H22F3N3O2S/c17-16(18,19)15-6-5-14(12-20-15)25(23,24)22-10-3-4-13(7-11-22)21-8-1-2-9-21/h5-6,12-13H,1-4,7-11H2/t13-/m0/s1. The van der Waals surface area contributed by atoms with E-state index in [1.165, 1.54) is 17.1 Å². The molecule has 2 fully saturated rings. The van der Waals surface area contributed by atoms with E-state index in [1.807, 2.05) is 0 Å². The Bertz CT molecular complexity index is 686. The van der Waals surface area contributed by atoms with Crippen molar-refractivity contribution in [2.24, 2.45) is 0 Å². The molecule has 25 heavy (non-hydrogen) atoms. The fourth-order valence-corrected chi connectivity index (χ4v) is 5.05. The monoisotopic (exact) mass is 377 g/mol. The fraction of sp³-hybridized carbons (Fsp3) is 0.688. The van der Waals surface area contributed by atoms with Gasteiger partial charge in [-0.1, -0.05) is 0 Å². The van der Waals surface area contributed by atoms with Gasteiger partial charge in [0.1, 0.15) is 10.6 Å². The first kappa shape index (κ1) is 18.6. The van der Waals surface area contributed by atoms with Gasteiger partial charge in [-0.2, -0.15) is 17.5 Å². The van der Waals surface area contributed by atoms with E-state index in [0.717, 1.165) is 50.7 Å². The molecular formula is C16H22F3N3O2S. The van der Waals surface area contributed by atoms with E-state index in [1.54, 1.807) is 0 Å². The van der Waals surface area contributed by atoms with Gasteiger partial charge in [-0.15, -0.1) is 0 Å². The van der Waals surface area contributed by atoms with Crippen LogP contribution < -0.4 is 0 Å². The second-order valence-electron chi connectivity index (χ2n) is 6.61. The summed E-state index contributed by atoms with van der Waals surface area (Å²) in [5.74, 6) is 0. The number of alkyl halides is 3. The molecule has 0 amide bonds. The van der Waals surface area contributed by atoms with E-state index in [2.05, 4.69) is 9.88 Å². The van der Waals surface area contributed by atoms with Crippen LogP contribution in [-0.4, -0.2) is 54.8 Å². The van der Waals surface area contributed by atoms with Gasteiger partial charge in [0.15, 0.2) is 0 Å². The zero-order valence-electron chi connectivity index (χ0n) is 13.9. The first-order chi connectivity index (χ1) is 11.8. The van der Waals surface area contributed by atoms with Crippen LogP contribution in [0.2, 0.25) is 0 Å². The number of aromatic nitrogens is 1. The Morgan fingerprint density at radius 2 is 1.72 bits per heavy atom. The number of pyridine rings is 1. The SMILES string of the molecule is O=S(=O)(c1ccc(C(F)(F)F)nc1)N1CCC[C@H](N2CCCC2)CC1. The van der Waals surface area contributed by atoms with Crippen molar-refractivity contribution < 1.29 is 21.6 Å². The van der Waals surface area contributed by atoms with Crippen LogP contribution in [0.4, 0.5) is 13.2 Å². The lowest BCUT2D eigenvalue weighted by Gasteiger charge is -2.26. The summed E-state index contributed by atoms with van der Waals surface area (Å²) >= 11 is 0. The molecule has 0 N–H and O–H groups in total. The first-order valence-corrected chi connectivity index (χ1v) is 10.00. The van der Waals surface area contributed by atoms with Crippen LogP contribution in [0.3, 0.4) is 0 Å². The molecule has 140 valence electrons. The highest BCUT2D eigenvalue weighted by molar-refractivity contribution is 7.89. The minimum atomic E-state index is -4.58. The molecule has 3 rings (SSSR count). The molecule has 2 aliphatic heterocycles. The molecule has 0 aliphatic carbocycles. The van der Waals surface area contributed by atoms with Crippen LogP contribution in [0.1, 0.15) is 37.8 Å². The van der Waals surface area contributed by atoms with Crippen molar-refractivity contribution in [1.82, 2.24) is 14.2 Å². The van der Waals surface area contributed by atoms with Crippen molar-refractivity contribution in [3.8, 4) is 0 Å². The summed E-state index contributed by atoms with van der Waals surface area (Å²) in [7, 11) is -3.81. The minimum Gasteiger partial charge on any atom is -0.300 e. The predicted molar refractivity (Wildman–Crippen MR) is 86.4 cm³/mol. The van der Waals surface area contributed by atoms with E-state index in [4.69, 9.17) is 0 Å². The normalized spacial score (nSPS) is 24.4. The summed E-state index contributed by atoms with van der Waals surface area (Å²) in [5.41, 5.74) is -1.09. The lowest BCUT2D eigenvalue weighted by Crippen LogP contribution is -2.35. The molecule has 0 radical (unpaired) electrons. The van der Waals surface area contributed by atoms with Gasteiger partial charge in [0.05, 0.1) is 0 Å². The maximum atomic E-state index is 12.7. The molecule has 1 atom stereocenters. The third-order valence-electron chi connectivity index (χ3n) is 4.98. The fourth-order valence-electron chi connectivity index (χ4n) is 3.61. The second-order valence-corrected chi connectivity index (χ2v) is 8.55. The molecule has 1 aromatic heterocycles. The molecule has 0 saturated carbocycles. The van der Waals surface area contributed by atoms with Gasteiger partial charge >= 0.3 is 6.18 Å². The van der Waals surface area contributed by atoms with Crippen molar-refractivity contribution in [3.05, 3.63) is 24.0 Å². The Labute approximate surface area is 145 Å². The first-order valence-electron chi connectivity index (χ1n) is 8.56. The van der Waals surface area contributed by atoms with Gasteiger partial charge in [-0.05, 0) is 57.3 Å². The third kappa shape index (κ3) is 4.15. The number of halogens is 3. The van der Waals surface area contributed by atoms with Crippen LogP contribution in [0.5, 0.6) is 0 Å². The Morgan fingerprint density at radius 1 is 1.00 bits per heavy atom. The Balaban J connectivity index is 1.71. The predicted octanol–water partition coefficient (Wildman–Crippen LogP) is 2.74. The zero-order chi connectivity index (χ0) is 18.1. The van der Waals surface area contributed by atoms with Crippen LogP contribution in [0.25, 0.3) is 0 Å². The minimum absolute atomic E-state index is 0.180. The molecular weight excluding hydrogens is 355 g/mol. The zero-order valence-corrected chi connectivity index (χ0v) is 14.7. The maximum absolute atomic E-state index is 12.7. The molecule has 0 bridgehead atoms. The molecule has 0 spiro atoms. The average molecular weight is 377 g/mol. The van der Waals surface area contributed by atoms with E-state index in [-0.39, 0.29) is 4.90 Å². The Kier molecular flexibility index (Phi) is 5.36. The highest BCUT2D eigenvalue weighted by Gasteiger charge is 2.34. The summed E-state index contributed by atoms with van der Waals surface area (Å²) in [6.07, 6.45) is 1.08. The van der Waals surface area contributed by atoms with Crippen molar-refractivity contribution in [2.45, 2.75) is 49.2 Å². The molecule has 1 aromatic rings. The largest absolute Gasteiger partial charge is 0.433 e. The highest BCUT2D eigenvalue weighted by atomic mass is 32.2. The summed E-state index contributed by atoms with van der Waals surface area (Å²) in [6.45, 7) is 2.93. The quantitative estimate of drug-likeness (QED) is 0.813. The average Bonchev–Trinajstić information content (AvgIpc) is 2.98. The number of rotatable bonds is 3. The summed E-state index contributed by atoms with van der Waals surface area (Å²) in [4.78, 5) is 5.52. The van der Waals surface area contributed by atoms with E-state index in [9.17, 15) is 21.6 Å². The van der Waals surface area contributed by atoms with E-state index < -0.39 is 21.9 Å². The van der Waals surface area contributed by atoms with Crippen molar-refractivity contribution in [2.75, 3.05) is 26.2 Å². The maximum Gasteiger partial charge on any atom is 0.433 e. The van der Waals surface area contributed by atoms with E-state index in [0.29, 0.717) is 19.1 Å². The number of hydrogen-bond donors (Lipinski definition) is 0. The third-order valence-corrected chi connectivity index (χ3v) is 6.86. The van der Waals surface area contributed by atoms with Crippen LogP contribution in [-0.2, 0) is 16.2 Å². The van der Waals surface area contributed by atoms with E-state index >= 15 is 0 Å². The van der Waals surface area contributed by atoms with Gasteiger partial charge in [0, 0.05) is 25.3 Å². The number of nitrogens with zero attached hydrogens (tertiary/aromatic N) is 3. The second kappa shape index (κ2) is 7.20. The smallest absolute Gasteiger partial charge is 0.300 e. The topological polar surface area (TPSA) is 53.5 Å². The summed E-state index contributed by atoms with van der Waals surface area (Å²) in [5, 5.41) is 0. The summed E-state index contributed by atoms with van der Waals surface area (Å²) < 4.78 is 64.6. The van der Waals surface area contributed by atoms with Crippen molar-refractivity contribution in [3.63, 3.8) is 0 Å². The Hall–Kier alpha value is -1.19. The molecule has 2 saturated heterocycles. The Morgan fingerprint density at radius 3 is 2.32 bits per heavy atom. The molecule has 9 heteroatoms. The number of sulfonamides is 1. The van der Waals surface area contributed by atoms with Gasteiger partial charge < -0.3 is 4.90 Å². The van der Waals surface area contributed by atoms with Gasteiger partial charge in [-0.3, -0.25) is 4.98 Å². The molecule has 0 aromatic carbocycles. The van der Waals surface area contributed by atoms with Gasteiger partial charge in [0.2, 0.25) is 10.0 Å². The van der Waals surface area contributed by atoms with Crippen LogP contribution in [0.15, 0.2) is 23.2 Å².